The Morgan fingerprint density at radius 1 is 0.468 bits per heavy atom. The van der Waals surface area contributed by atoms with Crippen molar-refractivity contribution in [3.8, 4) is 0 Å². The zero-order chi connectivity index (χ0) is 45.2. The number of aliphatic hydroxyl groups is 2. The SMILES string of the molecule is CCC/C=C/C=C/C=C/C=C/C=C/CCCCCCCC(=O)OC(CCCCCCC/C=C/CCCCCCCC)CC(=O)NC(CO)C(O)CCCCCCCCCCCC. The molecule has 6 nitrogen and oxygen atoms in total. The van der Waals surface area contributed by atoms with E-state index < -0.39 is 18.2 Å². The van der Waals surface area contributed by atoms with Crippen LogP contribution in [0.2, 0.25) is 0 Å². The molecule has 3 atom stereocenters. The molecule has 0 saturated carbocycles. The fourth-order valence-corrected chi connectivity index (χ4v) is 7.63. The molecule has 0 aliphatic rings. The highest BCUT2D eigenvalue weighted by atomic mass is 16.5. The van der Waals surface area contributed by atoms with E-state index in [0.29, 0.717) is 19.3 Å². The summed E-state index contributed by atoms with van der Waals surface area (Å²) in [5.41, 5.74) is 0. The normalized spacial score (nSPS) is 13.8. The van der Waals surface area contributed by atoms with Crippen LogP contribution in [-0.4, -0.2) is 46.9 Å². The molecule has 6 heteroatoms. The van der Waals surface area contributed by atoms with Gasteiger partial charge in [-0.15, -0.1) is 0 Å². The highest BCUT2D eigenvalue weighted by Gasteiger charge is 2.24. The largest absolute Gasteiger partial charge is 0.462 e. The molecule has 0 radical (unpaired) electrons. The van der Waals surface area contributed by atoms with Crippen molar-refractivity contribution in [2.24, 2.45) is 0 Å². The van der Waals surface area contributed by atoms with Crippen LogP contribution in [0.25, 0.3) is 0 Å². The number of esters is 1. The van der Waals surface area contributed by atoms with Gasteiger partial charge in [0.2, 0.25) is 5.91 Å². The van der Waals surface area contributed by atoms with Crippen molar-refractivity contribution >= 4 is 11.9 Å². The van der Waals surface area contributed by atoms with Crippen molar-refractivity contribution in [1.82, 2.24) is 5.32 Å². The first-order chi connectivity index (χ1) is 30.5. The Kier molecular flexibility index (Phi) is 47.2. The molecule has 0 aliphatic carbocycles. The number of hydrogen-bond acceptors (Lipinski definition) is 5. The summed E-state index contributed by atoms with van der Waals surface area (Å²) < 4.78 is 5.93. The Labute approximate surface area is 383 Å². The first kappa shape index (κ1) is 59.3. The van der Waals surface area contributed by atoms with Crippen LogP contribution in [0.5, 0.6) is 0 Å². The first-order valence-electron chi connectivity index (χ1n) is 26.2. The molecule has 0 rings (SSSR count). The van der Waals surface area contributed by atoms with E-state index in [2.05, 4.69) is 74.7 Å². The van der Waals surface area contributed by atoms with Gasteiger partial charge in [-0.25, -0.2) is 0 Å². The maximum Gasteiger partial charge on any atom is 0.306 e. The van der Waals surface area contributed by atoms with E-state index in [1.54, 1.807) is 0 Å². The second kappa shape index (κ2) is 49.3. The summed E-state index contributed by atoms with van der Waals surface area (Å²) in [6.45, 7) is 6.37. The lowest BCUT2D eigenvalue weighted by atomic mass is 10.0. The molecule has 0 aliphatic heterocycles. The Balaban J connectivity index is 4.65. The van der Waals surface area contributed by atoms with Gasteiger partial charge in [-0.3, -0.25) is 9.59 Å². The number of nitrogens with one attached hydrogen (secondary N) is 1. The number of aliphatic hydroxyl groups excluding tert-OH is 2. The molecular weight excluding hydrogens is 767 g/mol. The van der Waals surface area contributed by atoms with E-state index in [-0.39, 0.29) is 24.9 Å². The lowest BCUT2D eigenvalue weighted by Gasteiger charge is -2.24. The Morgan fingerprint density at radius 3 is 1.35 bits per heavy atom. The van der Waals surface area contributed by atoms with Gasteiger partial charge < -0.3 is 20.3 Å². The molecule has 0 aromatic carbocycles. The third kappa shape index (κ3) is 43.9. The number of ether oxygens (including phenoxy) is 1. The second-order valence-corrected chi connectivity index (χ2v) is 17.7. The van der Waals surface area contributed by atoms with Gasteiger partial charge in [0.15, 0.2) is 0 Å². The van der Waals surface area contributed by atoms with Crippen molar-refractivity contribution in [2.75, 3.05) is 6.61 Å². The molecule has 0 heterocycles. The predicted octanol–water partition coefficient (Wildman–Crippen LogP) is 15.8. The number of hydrogen-bond donors (Lipinski definition) is 3. The van der Waals surface area contributed by atoms with Crippen LogP contribution in [0.15, 0.2) is 72.9 Å². The molecule has 358 valence electrons. The van der Waals surface area contributed by atoms with Gasteiger partial charge in [0.25, 0.3) is 0 Å². The van der Waals surface area contributed by atoms with Crippen LogP contribution in [0.4, 0.5) is 0 Å². The van der Waals surface area contributed by atoms with Gasteiger partial charge in [0, 0.05) is 6.42 Å². The zero-order valence-corrected chi connectivity index (χ0v) is 40.7. The number of amides is 1. The molecule has 1 amide bonds. The van der Waals surface area contributed by atoms with Gasteiger partial charge in [0.1, 0.15) is 6.10 Å². The molecule has 0 saturated heterocycles. The second-order valence-electron chi connectivity index (χ2n) is 17.7. The molecule has 0 fully saturated rings. The Hall–Kier alpha value is -2.70. The maximum absolute atomic E-state index is 13.2. The van der Waals surface area contributed by atoms with Crippen molar-refractivity contribution in [2.45, 2.75) is 264 Å². The summed E-state index contributed by atoms with van der Waals surface area (Å²) in [6, 6.07) is -0.711. The molecule has 0 aromatic heterocycles. The average Bonchev–Trinajstić information content (AvgIpc) is 3.26. The summed E-state index contributed by atoms with van der Waals surface area (Å²) in [5, 5.41) is 23.7. The van der Waals surface area contributed by atoms with Gasteiger partial charge in [-0.1, -0.05) is 235 Å². The molecular formula is C56H99NO5. The van der Waals surface area contributed by atoms with Crippen molar-refractivity contribution in [3.05, 3.63) is 72.9 Å². The van der Waals surface area contributed by atoms with Crippen LogP contribution >= 0.6 is 0 Å². The molecule has 3 N–H and O–H groups in total. The maximum atomic E-state index is 13.2. The van der Waals surface area contributed by atoms with Crippen LogP contribution in [0, 0.1) is 0 Å². The number of unbranched alkanes of at least 4 members (excludes halogenated alkanes) is 26. The molecule has 0 bridgehead atoms. The van der Waals surface area contributed by atoms with Crippen LogP contribution < -0.4 is 5.32 Å². The minimum absolute atomic E-state index is 0.0589. The van der Waals surface area contributed by atoms with Crippen molar-refractivity contribution < 1.29 is 24.5 Å². The summed E-state index contributed by atoms with van der Waals surface area (Å²) in [4.78, 5) is 26.2. The van der Waals surface area contributed by atoms with E-state index >= 15 is 0 Å². The van der Waals surface area contributed by atoms with E-state index in [1.807, 2.05) is 24.3 Å². The fourth-order valence-electron chi connectivity index (χ4n) is 7.63. The number of carbonyl (C=O) groups is 2. The van der Waals surface area contributed by atoms with Gasteiger partial charge >= 0.3 is 5.97 Å². The summed E-state index contributed by atoms with van der Waals surface area (Å²) >= 11 is 0. The first-order valence-corrected chi connectivity index (χ1v) is 26.2. The number of allylic oxidation sites excluding steroid dienone is 12. The van der Waals surface area contributed by atoms with Crippen LogP contribution in [0.3, 0.4) is 0 Å². The topological polar surface area (TPSA) is 95.9 Å². The third-order valence-corrected chi connectivity index (χ3v) is 11.6. The summed E-state index contributed by atoms with van der Waals surface area (Å²) in [6.07, 6.45) is 62.4. The van der Waals surface area contributed by atoms with Crippen molar-refractivity contribution in [1.29, 1.82) is 0 Å². The summed E-state index contributed by atoms with van der Waals surface area (Å²) in [5.74, 6) is -0.511. The Morgan fingerprint density at radius 2 is 0.871 bits per heavy atom. The van der Waals surface area contributed by atoms with Gasteiger partial charge in [-0.2, -0.15) is 0 Å². The van der Waals surface area contributed by atoms with Crippen LogP contribution in [0.1, 0.15) is 245 Å². The van der Waals surface area contributed by atoms with Gasteiger partial charge in [-0.05, 0) is 70.6 Å². The highest BCUT2D eigenvalue weighted by molar-refractivity contribution is 5.77. The average molecular weight is 866 g/mol. The lowest BCUT2D eigenvalue weighted by molar-refractivity contribution is -0.151. The minimum atomic E-state index is -0.796. The number of rotatable bonds is 46. The highest BCUT2D eigenvalue weighted by Crippen LogP contribution is 2.17. The van der Waals surface area contributed by atoms with E-state index in [4.69, 9.17) is 4.74 Å². The summed E-state index contributed by atoms with van der Waals surface area (Å²) in [7, 11) is 0. The molecule has 0 aromatic rings. The third-order valence-electron chi connectivity index (χ3n) is 11.6. The number of carbonyl (C=O) groups excluding carboxylic acids is 2. The van der Waals surface area contributed by atoms with Crippen LogP contribution in [-0.2, 0) is 14.3 Å². The Bertz CT molecular complexity index is 1150. The standard InChI is InChI=1S/C56H99NO5/c1-4-7-10-13-16-19-22-24-26-27-28-30-32-34-37-40-43-46-49-56(61)62-52(47-44-41-38-35-33-31-29-25-23-20-17-14-11-8-5-2)50-55(60)57-53(51-58)54(59)48-45-42-39-36-21-18-15-12-9-6-3/h10,13,16,19,22,24-30,52-54,58-59H,4-9,11-12,14-15,17-18,20-21,23,31-51H2,1-3H3,(H,57,60)/b13-10+,19-16+,24-22+,27-26+,29-25+,30-28+. The monoisotopic (exact) mass is 866 g/mol. The van der Waals surface area contributed by atoms with Gasteiger partial charge in [0.05, 0.1) is 25.2 Å². The zero-order valence-electron chi connectivity index (χ0n) is 40.7. The minimum Gasteiger partial charge on any atom is -0.462 e. The van der Waals surface area contributed by atoms with E-state index in [1.165, 1.54) is 109 Å². The molecule has 62 heavy (non-hydrogen) atoms. The quantitative estimate of drug-likeness (QED) is 0.0245. The molecule has 0 spiro atoms. The smallest absolute Gasteiger partial charge is 0.306 e. The van der Waals surface area contributed by atoms with Crippen molar-refractivity contribution in [3.63, 3.8) is 0 Å². The van der Waals surface area contributed by atoms with E-state index in [9.17, 15) is 19.8 Å². The fraction of sp³-hybridized carbons (Fsp3) is 0.750. The molecule has 3 unspecified atom stereocenters. The lowest BCUT2D eigenvalue weighted by Crippen LogP contribution is -2.46. The predicted molar refractivity (Wildman–Crippen MR) is 268 cm³/mol. The van der Waals surface area contributed by atoms with E-state index in [0.717, 1.165) is 89.9 Å².